The Bertz CT molecular complexity index is 916. The van der Waals surface area contributed by atoms with Gasteiger partial charge in [0.2, 0.25) is 5.91 Å². The lowest BCUT2D eigenvalue weighted by Gasteiger charge is -2.30. The van der Waals surface area contributed by atoms with Crippen molar-refractivity contribution in [3.8, 4) is 17.0 Å². The van der Waals surface area contributed by atoms with Crippen LogP contribution in [0.3, 0.4) is 0 Å². The molecule has 148 valence electrons. The first-order valence-electron chi connectivity index (χ1n) is 9.09. The highest BCUT2D eigenvalue weighted by molar-refractivity contribution is 5.77. The van der Waals surface area contributed by atoms with Gasteiger partial charge in [-0.1, -0.05) is 12.1 Å². The Labute approximate surface area is 162 Å². The number of ether oxygens (including phenoxy) is 2. The predicted molar refractivity (Wildman–Crippen MR) is 102 cm³/mol. The Morgan fingerprint density at radius 1 is 1.18 bits per heavy atom. The van der Waals surface area contributed by atoms with Crippen LogP contribution in [0.25, 0.3) is 11.3 Å². The van der Waals surface area contributed by atoms with Gasteiger partial charge in [0, 0.05) is 24.7 Å². The third-order valence-corrected chi connectivity index (χ3v) is 4.95. The number of hydrogen-bond acceptors (Lipinski definition) is 6. The van der Waals surface area contributed by atoms with Crippen molar-refractivity contribution >= 4 is 11.9 Å². The number of likely N-dealkylation sites (tertiary alicyclic amines) is 1. The zero-order valence-corrected chi connectivity index (χ0v) is 16.0. The molecule has 0 unspecified atom stereocenters. The predicted octanol–water partition coefficient (Wildman–Crippen LogP) is 1.33. The average Bonchev–Trinajstić information content (AvgIpc) is 2.74. The van der Waals surface area contributed by atoms with E-state index in [0.717, 1.165) is 0 Å². The van der Waals surface area contributed by atoms with Gasteiger partial charge in [-0.05, 0) is 25.0 Å². The number of para-hydroxylation sites is 1. The van der Waals surface area contributed by atoms with E-state index in [0.29, 0.717) is 42.9 Å². The van der Waals surface area contributed by atoms with Crippen molar-refractivity contribution in [2.45, 2.75) is 19.4 Å². The van der Waals surface area contributed by atoms with E-state index >= 15 is 0 Å². The van der Waals surface area contributed by atoms with Gasteiger partial charge in [0.15, 0.2) is 0 Å². The fourth-order valence-electron chi connectivity index (χ4n) is 3.33. The molecule has 1 aromatic heterocycles. The second-order valence-corrected chi connectivity index (χ2v) is 6.62. The first-order chi connectivity index (χ1) is 13.5. The van der Waals surface area contributed by atoms with E-state index in [1.807, 2.05) is 18.2 Å². The molecule has 8 heteroatoms. The molecule has 8 nitrogen and oxygen atoms in total. The van der Waals surface area contributed by atoms with Gasteiger partial charge < -0.3 is 14.4 Å². The number of nitrogens with zero attached hydrogens (tertiary/aromatic N) is 3. The summed E-state index contributed by atoms with van der Waals surface area (Å²) in [4.78, 5) is 42.6. The monoisotopic (exact) mass is 385 g/mol. The Kier molecular flexibility index (Phi) is 6.08. The van der Waals surface area contributed by atoms with Crippen LogP contribution in [0.5, 0.6) is 5.75 Å². The molecule has 2 heterocycles. The summed E-state index contributed by atoms with van der Waals surface area (Å²) in [6, 6.07) is 8.69. The van der Waals surface area contributed by atoms with E-state index in [1.54, 1.807) is 18.1 Å². The lowest BCUT2D eigenvalue weighted by Crippen LogP contribution is -2.43. The summed E-state index contributed by atoms with van der Waals surface area (Å²) in [5.41, 5.74) is 0.893. The van der Waals surface area contributed by atoms with Crippen molar-refractivity contribution in [3.63, 3.8) is 0 Å². The SMILES string of the molecule is COC(=O)C1CCN(C(=O)Cn2cnc(-c3ccccc3OC)cc2=O)CC1. The summed E-state index contributed by atoms with van der Waals surface area (Å²) in [6.07, 6.45) is 2.51. The molecule has 1 aromatic carbocycles. The number of carbonyl (C=O) groups excluding carboxylic acids is 2. The number of piperidine rings is 1. The molecule has 1 fully saturated rings. The molecule has 0 radical (unpaired) electrons. The minimum absolute atomic E-state index is 0.0824. The highest BCUT2D eigenvalue weighted by Gasteiger charge is 2.28. The fraction of sp³-hybridized carbons (Fsp3) is 0.400. The standard InChI is InChI=1S/C20H23N3O5/c1-27-17-6-4-3-5-15(17)16-11-18(24)23(13-21-16)12-19(25)22-9-7-14(8-10-22)20(26)28-2/h3-6,11,13-14H,7-10,12H2,1-2H3. The number of esters is 1. The first kappa shape index (κ1) is 19.6. The summed E-state index contributed by atoms with van der Waals surface area (Å²) in [5.74, 6) is 0.0481. The molecule has 2 aromatic rings. The van der Waals surface area contributed by atoms with Crippen molar-refractivity contribution in [2.75, 3.05) is 27.3 Å². The zero-order chi connectivity index (χ0) is 20.1. The van der Waals surface area contributed by atoms with Crippen LogP contribution in [0.1, 0.15) is 12.8 Å². The largest absolute Gasteiger partial charge is 0.496 e. The minimum Gasteiger partial charge on any atom is -0.496 e. The summed E-state index contributed by atoms with van der Waals surface area (Å²) in [6.45, 7) is 0.862. The van der Waals surface area contributed by atoms with Crippen LogP contribution in [-0.2, 0) is 20.9 Å². The molecular weight excluding hydrogens is 362 g/mol. The molecule has 0 saturated carbocycles. The Balaban J connectivity index is 1.68. The smallest absolute Gasteiger partial charge is 0.308 e. The number of methoxy groups -OCH3 is 2. The highest BCUT2D eigenvalue weighted by Crippen LogP contribution is 2.26. The van der Waals surface area contributed by atoms with Gasteiger partial charge in [0.25, 0.3) is 5.56 Å². The fourth-order valence-corrected chi connectivity index (χ4v) is 3.33. The molecule has 1 amide bonds. The lowest BCUT2D eigenvalue weighted by molar-refractivity contribution is -0.149. The van der Waals surface area contributed by atoms with E-state index in [1.165, 1.54) is 24.1 Å². The maximum Gasteiger partial charge on any atom is 0.308 e. The molecule has 0 aliphatic carbocycles. The summed E-state index contributed by atoms with van der Waals surface area (Å²) in [5, 5.41) is 0. The van der Waals surface area contributed by atoms with Crippen molar-refractivity contribution in [2.24, 2.45) is 5.92 Å². The Morgan fingerprint density at radius 2 is 1.89 bits per heavy atom. The molecule has 0 atom stereocenters. The Morgan fingerprint density at radius 3 is 2.54 bits per heavy atom. The normalized spacial score (nSPS) is 14.6. The van der Waals surface area contributed by atoms with Crippen LogP contribution < -0.4 is 10.3 Å². The number of hydrogen-bond donors (Lipinski definition) is 0. The van der Waals surface area contributed by atoms with Crippen LogP contribution in [0.15, 0.2) is 41.5 Å². The van der Waals surface area contributed by atoms with Gasteiger partial charge >= 0.3 is 5.97 Å². The van der Waals surface area contributed by atoms with Crippen LogP contribution in [-0.4, -0.2) is 53.6 Å². The van der Waals surface area contributed by atoms with Gasteiger partial charge in [0.05, 0.1) is 32.2 Å². The second kappa shape index (κ2) is 8.69. The third kappa shape index (κ3) is 4.21. The topological polar surface area (TPSA) is 90.7 Å². The molecule has 3 rings (SSSR count). The summed E-state index contributed by atoms with van der Waals surface area (Å²) < 4.78 is 11.3. The van der Waals surface area contributed by atoms with Crippen LogP contribution >= 0.6 is 0 Å². The van der Waals surface area contributed by atoms with E-state index in [9.17, 15) is 14.4 Å². The number of benzene rings is 1. The maximum absolute atomic E-state index is 12.5. The minimum atomic E-state index is -0.311. The number of amides is 1. The van der Waals surface area contributed by atoms with Crippen molar-refractivity contribution in [1.29, 1.82) is 0 Å². The molecule has 0 N–H and O–H groups in total. The maximum atomic E-state index is 12.5. The molecule has 1 saturated heterocycles. The van der Waals surface area contributed by atoms with Gasteiger partial charge in [0.1, 0.15) is 12.3 Å². The van der Waals surface area contributed by atoms with Crippen LogP contribution in [0, 0.1) is 5.92 Å². The van der Waals surface area contributed by atoms with Gasteiger partial charge in [-0.3, -0.25) is 19.0 Å². The highest BCUT2D eigenvalue weighted by atomic mass is 16.5. The van der Waals surface area contributed by atoms with Crippen LogP contribution in [0.4, 0.5) is 0 Å². The van der Waals surface area contributed by atoms with Crippen molar-refractivity contribution in [3.05, 3.63) is 47.0 Å². The van der Waals surface area contributed by atoms with Crippen molar-refractivity contribution < 1.29 is 19.1 Å². The lowest BCUT2D eigenvalue weighted by atomic mass is 9.97. The quantitative estimate of drug-likeness (QED) is 0.722. The molecular formula is C20H23N3O5. The van der Waals surface area contributed by atoms with E-state index in [2.05, 4.69) is 4.98 Å². The molecule has 0 bridgehead atoms. The molecule has 28 heavy (non-hydrogen) atoms. The molecule has 0 spiro atoms. The van der Waals surface area contributed by atoms with E-state index < -0.39 is 0 Å². The van der Waals surface area contributed by atoms with Crippen LogP contribution in [0.2, 0.25) is 0 Å². The number of rotatable bonds is 5. The number of carbonyl (C=O) groups is 2. The second-order valence-electron chi connectivity index (χ2n) is 6.62. The first-order valence-corrected chi connectivity index (χ1v) is 9.09. The number of aromatic nitrogens is 2. The van der Waals surface area contributed by atoms with Gasteiger partial charge in [-0.2, -0.15) is 0 Å². The van der Waals surface area contributed by atoms with Gasteiger partial charge in [-0.25, -0.2) is 4.98 Å². The van der Waals surface area contributed by atoms with Gasteiger partial charge in [-0.15, -0.1) is 0 Å². The Hall–Kier alpha value is -3.16. The van der Waals surface area contributed by atoms with E-state index in [-0.39, 0.29) is 29.9 Å². The zero-order valence-electron chi connectivity index (χ0n) is 16.0. The van der Waals surface area contributed by atoms with Crippen molar-refractivity contribution in [1.82, 2.24) is 14.5 Å². The third-order valence-electron chi connectivity index (χ3n) is 4.95. The summed E-state index contributed by atoms with van der Waals surface area (Å²) in [7, 11) is 2.93. The molecule has 1 aliphatic rings. The molecule has 1 aliphatic heterocycles. The average molecular weight is 385 g/mol. The van der Waals surface area contributed by atoms with E-state index in [4.69, 9.17) is 9.47 Å². The summed E-state index contributed by atoms with van der Waals surface area (Å²) >= 11 is 0.